The maximum Gasteiger partial charge on any atom is 0.411 e. The van der Waals surface area contributed by atoms with Gasteiger partial charge in [0, 0.05) is 29.1 Å². The van der Waals surface area contributed by atoms with E-state index in [9.17, 15) is 40.1 Å². The van der Waals surface area contributed by atoms with Crippen LogP contribution in [-0.4, -0.2) is 77.2 Å². The van der Waals surface area contributed by atoms with Crippen LogP contribution in [0.2, 0.25) is 0 Å². The van der Waals surface area contributed by atoms with Crippen LogP contribution in [0.1, 0.15) is 16.7 Å². The summed E-state index contributed by atoms with van der Waals surface area (Å²) >= 11 is 0. The summed E-state index contributed by atoms with van der Waals surface area (Å²) in [5.74, 6) is 0. The minimum Gasteiger partial charge on any atom is -0.445 e. The van der Waals surface area contributed by atoms with E-state index in [1.165, 1.54) is 24.3 Å². The lowest BCUT2D eigenvalue weighted by atomic mass is 10.1. The Balaban J connectivity index is 1.64. The number of nitro groups is 1. The molecular formula is C32H33N3O10. The lowest BCUT2D eigenvalue weighted by Gasteiger charge is -2.12. The van der Waals surface area contributed by atoms with E-state index in [0.29, 0.717) is 44.8 Å². The van der Waals surface area contributed by atoms with Gasteiger partial charge >= 0.3 is 12.2 Å². The van der Waals surface area contributed by atoms with E-state index in [1.54, 1.807) is 66.8 Å². The van der Waals surface area contributed by atoms with Gasteiger partial charge < -0.3 is 29.9 Å². The first-order chi connectivity index (χ1) is 21.7. The Morgan fingerprint density at radius 1 is 0.600 bits per heavy atom. The summed E-state index contributed by atoms with van der Waals surface area (Å²) in [6.45, 7) is -1.68. The van der Waals surface area contributed by atoms with Gasteiger partial charge in [-0.2, -0.15) is 0 Å². The number of ether oxygens (including phenoxy) is 2. The Morgan fingerprint density at radius 3 is 1.27 bits per heavy atom. The number of non-ortho nitro benzene ring substituents is 1. The number of aliphatic hydroxyl groups is 4. The molecule has 13 heteroatoms. The van der Waals surface area contributed by atoms with Crippen LogP contribution in [0.25, 0.3) is 18.2 Å². The van der Waals surface area contributed by atoms with Crippen molar-refractivity contribution < 1.29 is 44.4 Å². The van der Waals surface area contributed by atoms with Crippen molar-refractivity contribution in [3.05, 3.63) is 116 Å². The third-order valence-corrected chi connectivity index (χ3v) is 6.12. The fourth-order valence-corrected chi connectivity index (χ4v) is 3.76. The van der Waals surface area contributed by atoms with E-state index in [2.05, 4.69) is 10.6 Å². The van der Waals surface area contributed by atoms with Gasteiger partial charge in [0.15, 0.2) is 0 Å². The fourth-order valence-electron chi connectivity index (χ4n) is 3.76. The molecule has 3 rings (SSSR count). The number of rotatable bonds is 14. The fraction of sp³-hybridized carbons (Fsp3) is 0.188. The number of hydrogen-bond donors (Lipinski definition) is 6. The van der Waals surface area contributed by atoms with Crippen molar-refractivity contribution in [2.75, 3.05) is 50.3 Å². The van der Waals surface area contributed by atoms with Crippen LogP contribution in [0.3, 0.4) is 0 Å². The van der Waals surface area contributed by atoms with Crippen LogP contribution in [0.15, 0.2) is 89.5 Å². The summed E-state index contributed by atoms with van der Waals surface area (Å²) in [6.07, 6.45) is 3.23. The lowest BCUT2D eigenvalue weighted by Crippen LogP contribution is -2.19. The normalized spacial score (nSPS) is 10.2. The molecule has 0 aliphatic heterocycles. The van der Waals surface area contributed by atoms with Crippen LogP contribution in [0, 0.1) is 10.1 Å². The SMILES string of the molecule is O=C(Nc1ccc(C=C(CO)CO)cc1)OCC(=Cc1ccc([N+](=O)[O-])cc1)COC(=O)Nc1ccc(C=C(CO)CO)cc1. The van der Waals surface area contributed by atoms with Crippen LogP contribution in [-0.2, 0) is 9.47 Å². The van der Waals surface area contributed by atoms with Gasteiger partial charge in [-0.05, 0) is 70.3 Å². The second-order valence-electron chi connectivity index (χ2n) is 9.54. The molecule has 0 heterocycles. The number of nitrogens with zero attached hydrogens (tertiary/aromatic N) is 1. The average molecular weight is 620 g/mol. The van der Waals surface area contributed by atoms with E-state index in [0.717, 1.165) is 0 Å². The van der Waals surface area contributed by atoms with Crippen molar-refractivity contribution in [3.63, 3.8) is 0 Å². The van der Waals surface area contributed by atoms with Crippen molar-refractivity contribution in [2.45, 2.75) is 0 Å². The monoisotopic (exact) mass is 619 g/mol. The van der Waals surface area contributed by atoms with E-state index in [-0.39, 0.29) is 45.3 Å². The van der Waals surface area contributed by atoms with Crippen molar-refractivity contribution in [3.8, 4) is 0 Å². The summed E-state index contributed by atoms with van der Waals surface area (Å²) in [5, 5.41) is 52.9. The molecule has 0 aliphatic rings. The van der Waals surface area contributed by atoms with Gasteiger partial charge in [-0.1, -0.05) is 36.4 Å². The average Bonchev–Trinajstić information content (AvgIpc) is 3.05. The van der Waals surface area contributed by atoms with E-state index in [1.807, 2.05) is 0 Å². The third kappa shape index (κ3) is 11.7. The Kier molecular flexibility index (Phi) is 13.4. The number of aliphatic hydroxyl groups excluding tert-OH is 4. The van der Waals surface area contributed by atoms with Crippen molar-refractivity contribution >= 4 is 47.5 Å². The van der Waals surface area contributed by atoms with E-state index < -0.39 is 17.1 Å². The maximum atomic E-state index is 12.5. The maximum absolute atomic E-state index is 12.5. The largest absolute Gasteiger partial charge is 0.445 e. The second-order valence-corrected chi connectivity index (χ2v) is 9.54. The van der Waals surface area contributed by atoms with Gasteiger partial charge in [0.25, 0.3) is 5.69 Å². The lowest BCUT2D eigenvalue weighted by molar-refractivity contribution is -0.384. The van der Waals surface area contributed by atoms with Crippen LogP contribution in [0.5, 0.6) is 0 Å². The number of anilines is 2. The number of carbonyl (C=O) groups excluding carboxylic acids is 2. The molecular weight excluding hydrogens is 586 g/mol. The quantitative estimate of drug-likeness (QED) is 0.112. The van der Waals surface area contributed by atoms with Crippen LogP contribution in [0.4, 0.5) is 26.7 Å². The molecule has 0 aromatic heterocycles. The van der Waals surface area contributed by atoms with Crippen LogP contribution >= 0.6 is 0 Å². The van der Waals surface area contributed by atoms with Gasteiger partial charge in [-0.25, -0.2) is 9.59 Å². The van der Waals surface area contributed by atoms with Gasteiger partial charge in [0.05, 0.1) is 31.4 Å². The number of carbonyl (C=O) groups is 2. The molecule has 236 valence electrons. The second kappa shape index (κ2) is 17.7. The summed E-state index contributed by atoms with van der Waals surface area (Å²) in [7, 11) is 0. The Hall–Kier alpha value is -5.34. The van der Waals surface area contributed by atoms with E-state index >= 15 is 0 Å². The minimum atomic E-state index is -0.788. The molecule has 0 saturated carbocycles. The van der Waals surface area contributed by atoms with Gasteiger partial charge in [0.1, 0.15) is 13.2 Å². The number of nitrogens with one attached hydrogen (secondary N) is 2. The molecule has 2 amide bonds. The molecule has 3 aromatic rings. The third-order valence-electron chi connectivity index (χ3n) is 6.12. The molecule has 13 nitrogen and oxygen atoms in total. The predicted octanol–water partition coefficient (Wildman–Crippen LogP) is 4.21. The highest BCUT2D eigenvalue weighted by Gasteiger charge is 2.11. The zero-order chi connectivity index (χ0) is 32.6. The summed E-state index contributed by atoms with van der Waals surface area (Å²) in [5.41, 5.74) is 3.95. The number of nitro benzene ring substituents is 1. The molecule has 6 N–H and O–H groups in total. The number of amides is 2. The highest BCUT2D eigenvalue weighted by atomic mass is 16.6. The van der Waals surface area contributed by atoms with Crippen molar-refractivity contribution in [1.82, 2.24) is 0 Å². The molecule has 0 saturated heterocycles. The summed E-state index contributed by atoms with van der Waals surface area (Å²) in [4.78, 5) is 35.4. The summed E-state index contributed by atoms with van der Waals surface area (Å²) in [6, 6.07) is 18.8. The Labute approximate surface area is 258 Å². The van der Waals surface area contributed by atoms with Crippen LogP contribution < -0.4 is 10.6 Å². The zero-order valence-corrected chi connectivity index (χ0v) is 24.1. The first-order valence-corrected chi connectivity index (χ1v) is 13.6. The predicted molar refractivity (Wildman–Crippen MR) is 168 cm³/mol. The van der Waals surface area contributed by atoms with Crippen molar-refractivity contribution in [2.24, 2.45) is 0 Å². The molecule has 0 unspecified atom stereocenters. The molecule has 0 atom stereocenters. The molecule has 0 aliphatic carbocycles. The standard InChI is InChI=1S/C32H33N3O10/c36-16-25(17-37)13-22-1-7-28(8-2-22)33-31(40)44-20-27(15-24-5-11-30(12-6-24)35(42)43)21-45-32(41)34-29-9-3-23(4-10-29)14-26(18-38)19-39/h1-15,36-39H,16-21H2,(H,33,40)(H,34,41). The summed E-state index contributed by atoms with van der Waals surface area (Å²) < 4.78 is 10.7. The molecule has 3 aromatic carbocycles. The van der Waals surface area contributed by atoms with Gasteiger partial charge in [-0.15, -0.1) is 0 Å². The smallest absolute Gasteiger partial charge is 0.411 e. The molecule has 0 bridgehead atoms. The molecule has 0 radical (unpaired) electrons. The molecule has 45 heavy (non-hydrogen) atoms. The van der Waals surface area contributed by atoms with Gasteiger partial charge in [0.2, 0.25) is 0 Å². The van der Waals surface area contributed by atoms with Crippen molar-refractivity contribution in [1.29, 1.82) is 0 Å². The minimum absolute atomic E-state index is 0.101. The topological polar surface area (TPSA) is 201 Å². The van der Waals surface area contributed by atoms with Gasteiger partial charge in [-0.3, -0.25) is 20.7 Å². The number of hydrogen-bond acceptors (Lipinski definition) is 10. The number of benzene rings is 3. The zero-order valence-electron chi connectivity index (χ0n) is 24.1. The Bertz CT molecular complexity index is 1430. The highest BCUT2D eigenvalue weighted by molar-refractivity contribution is 5.86. The molecule has 0 spiro atoms. The highest BCUT2D eigenvalue weighted by Crippen LogP contribution is 2.17. The first-order valence-electron chi connectivity index (χ1n) is 13.6. The Morgan fingerprint density at radius 2 is 0.933 bits per heavy atom. The molecule has 0 fully saturated rings. The first kappa shape index (κ1) is 34.2. The van der Waals surface area contributed by atoms with E-state index in [4.69, 9.17) is 9.47 Å².